The van der Waals surface area contributed by atoms with E-state index in [0.717, 1.165) is 31.5 Å². The first-order valence-electron chi connectivity index (χ1n) is 9.97. The summed E-state index contributed by atoms with van der Waals surface area (Å²) >= 11 is 0. The Hall–Kier alpha value is -2.60. The lowest BCUT2D eigenvalue weighted by Crippen LogP contribution is -2.39. The molecule has 4 nitrogen and oxygen atoms in total. The Bertz CT molecular complexity index is 874. The summed E-state index contributed by atoms with van der Waals surface area (Å²) in [5.41, 5.74) is 1.36. The van der Waals surface area contributed by atoms with Crippen molar-refractivity contribution in [3.05, 3.63) is 71.3 Å². The normalized spacial score (nSPS) is 23.2. The fraction of sp³-hybridized carbons (Fsp3) is 0.391. The van der Waals surface area contributed by atoms with Gasteiger partial charge in [0.2, 0.25) is 0 Å². The van der Waals surface area contributed by atoms with Crippen LogP contribution in [-0.4, -0.2) is 36.3 Å². The van der Waals surface area contributed by atoms with Crippen molar-refractivity contribution >= 4 is 11.8 Å². The largest absolute Gasteiger partial charge is 0.457 e. The number of carbonyl (C=O) groups excluding carboxylic acids is 2. The van der Waals surface area contributed by atoms with Crippen molar-refractivity contribution < 1.29 is 23.1 Å². The number of halogens is 2. The van der Waals surface area contributed by atoms with E-state index in [4.69, 9.17) is 4.74 Å². The number of nitrogens with zero attached hydrogens (tertiary/aromatic N) is 1. The number of hydrogen-bond donors (Lipinski definition) is 0. The highest BCUT2D eigenvalue weighted by Crippen LogP contribution is 2.34. The van der Waals surface area contributed by atoms with Crippen LogP contribution in [0, 0.1) is 23.5 Å². The summed E-state index contributed by atoms with van der Waals surface area (Å²) in [5, 5.41) is 0. The molecule has 2 heterocycles. The Morgan fingerprint density at radius 1 is 0.966 bits per heavy atom. The van der Waals surface area contributed by atoms with E-state index >= 15 is 0 Å². The van der Waals surface area contributed by atoms with Gasteiger partial charge >= 0.3 is 5.97 Å². The molecule has 2 aliphatic heterocycles. The first kappa shape index (κ1) is 19.7. The third-order valence-corrected chi connectivity index (χ3v) is 5.90. The van der Waals surface area contributed by atoms with Crippen LogP contribution in [0.5, 0.6) is 0 Å². The second-order valence-electron chi connectivity index (χ2n) is 7.86. The summed E-state index contributed by atoms with van der Waals surface area (Å²) in [4.78, 5) is 27.1. The molecule has 0 aromatic heterocycles. The number of likely N-dealkylation sites (tertiary alicyclic amines) is 1. The number of carbonyl (C=O) groups is 2. The molecule has 2 unspecified atom stereocenters. The van der Waals surface area contributed by atoms with Gasteiger partial charge in [-0.05, 0) is 67.9 Å². The molecule has 2 aromatic rings. The minimum absolute atomic E-state index is 0.0568. The summed E-state index contributed by atoms with van der Waals surface area (Å²) in [6, 6.07) is 11.8. The maximum absolute atomic E-state index is 13.1. The molecule has 2 atom stereocenters. The standard InChI is InChI=1S/C23H23F2NO3/c24-19-5-1-15(2-6-19)21-13-18(23(28)29-21)14-26-11-9-17(10-12-26)22(27)16-3-7-20(25)8-4-16/h1-8,17-18,21H,9-14H2. The van der Waals surface area contributed by atoms with Crippen LogP contribution in [0.4, 0.5) is 8.78 Å². The van der Waals surface area contributed by atoms with Crippen molar-refractivity contribution in [3.8, 4) is 0 Å². The topological polar surface area (TPSA) is 46.6 Å². The lowest BCUT2D eigenvalue weighted by molar-refractivity contribution is -0.145. The molecular formula is C23H23F2NO3. The minimum atomic E-state index is -0.348. The molecule has 29 heavy (non-hydrogen) atoms. The van der Waals surface area contributed by atoms with Crippen molar-refractivity contribution in [2.24, 2.45) is 11.8 Å². The number of ether oxygens (including phenoxy) is 1. The molecule has 0 bridgehead atoms. The quantitative estimate of drug-likeness (QED) is 0.559. The minimum Gasteiger partial charge on any atom is -0.457 e. The van der Waals surface area contributed by atoms with Crippen molar-refractivity contribution in [1.29, 1.82) is 0 Å². The first-order chi connectivity index (χ1) is 14.0. The van der Waals surface area contributed by atoms with Gasteiger partial charge in [-0.25, -0.2) is 8.78 Å². The van der Waals surface area contributed by atoms with Gasteiger partial charge in [0.1, 0.15) is 17.7 Å². The highest BCUT2D eigenvalue weighted by atomic mass is 19.1. The highest BCUT2D eigenvalue weighted by molar-refractivity contribution is 5.97. The van der Waals surface area contributed by atoms with E-state index < -0.39 is 0 Å². The zero-order valence-electron chi connectivity index (χ0n) is 16.0. The average Bonchev–Trinajstić information content (AvgIpc) is 3.09. The van der Waals surface area contributed by atoms with E-state index in [1.54, 1.807) is 12.1 Å². The summed E-state index contributed by atoms with van der Waals surface area (Å²) in [6.45, 7) is 2.08. The summed E-state index contributed by atoms with van der Waals surface area (Å²) in [6.07, 6.45) is 1.70. The van der Waals surface area contributed by atoms with Gasteiger partial charge in [-0.15, -0.1) is 0 Å². The number of piperidine rings is 1. The number of rotatable bonds is 5. The van der Waals surface area contributed by atoms with E-state index in [0.29, 0.717) is 18.5 Å². The van der Waals surface area contributed by atoms with Gasteiger partial charge < -0.3 is 9.64 Å². The summed E-state index contributed by atoms with van der Waals surface area (Å²) in [7, 11) is 0. The van der Waals surface area contributed by atoms with Gasteiger partial charge in [-0.3, -0.25) is 9.59 Å². The Morgan fingerprint density at radius 2 is 1.55 bits per heavy atom. The van der Waals surface area contributed by atoms with Crippen molar-refractivity contribution in [3.63, 3.8) is 0 Å². The Labute approximate surface area is 168 Å². The van der Waals surface area contributed by atoms with Crippen LogP contribution in [0.25, 0.3) is 0 Å². The van der Waals surface area contributed by atoms with Crippen LogP contribution in [0.15, 0.2) is 48.5 Å². The predicted octanol–water partition coefficient (Wildman–Crippen LogP) is 4.16. The van der Waals surface area contributed by atoms with Gasteiger partial charge in [0.05, 0.1) is 5.92 Å². The SMILES string of the molecule is O=C1OC(c2ccc(F)cc2)CC1CN1CCC(C(=O)c2ccc(F)cc2)CC1. The molecule has 4 rings (SSSR count). The van der Waals surface area contributed by atoms with Crippen molar-refractivity contribution in [1.82, 2.24) is 4.90 Å². The van der Waals surface area contributed by atoms with E-state index in [-0.39, 0.29) is 41.3 Å². The molecule has 2 fully saturated rings. The van der Waals surface area contributed by atoms with Gasteiger partial charge in [-0.1, -0.05) is 12.1 Å². The smallest absolute Gasteiger partial charge is 0.311 e. The van der Waals surface area contributed by atoms with Gasteiger partial charge in [0.15, 0.2) is 5.78 Å². The average molecular weight is 399 g/mol. The summed E-state index contributed by atoms with van der Waals surface area (Å²) in [5.74, 6) is -1.11. The number of ketones is 1. The van der Waals surface area contributed by atoms with Crippen molar-refractivity contribution in [2.75, 3.05) is 19.6 Å². The molecule has 0 saturated carbocycles. The molecule has 2 aromatic carbocycles. The van der Waals surface area contributed by atoms with Crippen LogP contribution in [0.2, 0.25) is 0 Å². The third kappa shape index (κ3) is 4.53. The second kappa shape index (κ2) is 8.41. The van der Waals surface area contributed by atoms with Gasteiger partial charge in [-0.2, -0.15) is 0 Å². The predicted molar refractivity (Wildman–Crippen MR) is 103 cm³/mol. The van der Waals surface area contributed by atoms with Crippen LogP contribution in [0.3, 0.4) is 0 Å². The second-order valence-corrected chi connectivity index (χ2v) is 7.86. The number of hydrogen-bond acceptors (Lipinski definition) is 4. The molecule has 0 aliphatic carbocycles. The number of benzene rings is 2. The molecule has 0 radical (unpaired) electrons. The van der Waals surface area contributed by atoms with E-state index in [1.165, 1.54) is 36.4 Å². The van der Waals surface area contributed by atoms with Crippen molar-refractivity contribution in [2.45, 2.75) is 25.4 Å². The van der Waals surface area contributed by atoms with Crippen LogP contribution in [-0.2, 0) is 9.53 Å². The van der Waals surface area contributed by atoms with Crippen LogP contribution >= 0.6 is 0 Å². The van der Waals surface area contributed by atoms with Crippen LogP contribution in [0.1, 0.15) is 41.3 Å². The molecule has 6 heteroatoms. The zero-order chi connectivity index (χ0) is 20.4. The van der Waals surface area contributed by atoms with Gasteiger partial charge in [0, 0.05) is 24.4 Å². The van der Waals surface area contributed by atoms with E-state index in [2.05, 4.69) is 4.90 Å². The Kier molecular flexibility index (Phi) is 5.72. The molecule has 2 aliphatic rings. The lowest BCUT2D eigenvalue weighted by atomic mass is 9.88. The summed E-state index contributed by atoms with van der Waals surface area (Å²) < 4.78 is 31.6. The Morgan fingerprint density at radius 3 is 2.17 bits per heavy atom. The first-order valence-corrected chi connectivity index (χ1v) is 9.97. The fourth-order valence-corrected chi connectivity index (χ4v) is 4.21. The fourth-order valence-electron chi connectivity index (χ4n) is 4.21. The highest BCUT2D eigenvalue weighted by Gasteiger charge is 2.37. The molecular weight excluding hydrogens is 376 g/mol. The monoisotopic (exact) mass is 399 g/mol. The van der Waals surface area contributed by atoms with E-state index in [1.807, 2.05) is 0 Å². The maximum atomic E-state index is 13.1. The third-order valence-electron chi connectivity index (χ3n) is 5.90. The Balaban J connectivity index is 1.29. The molecule has 2 saturated heterocycles. The number of esters is 1. The zero-order valence-corrected chi connectivity index (χ0v) is 16.0. The molecule has 0 spiro atoms. The molecule has 0 amide bonds. The molecule has 0 N–H and O–H groups in total. The van der Waals surface area contributed by atoms with Gasteiger partial charge in [0.25, 0.3) is 0 Å². The van der Waals surface area contributed by atoms with Crippen LogP contribution < -0.4 is 0 Å². The lowest BCUT2D eigenvalue weighted by Gasteiger charge is -2.32. The maximum Gasteiger partial charge on any atom is 0.311 e. The number of cyclic esters (lactones) is 1. The number of Topliss-reactive ketones (excluding diaryl/α,β-unsaturated/α-hetero) is 1. The van der Waals surface area contributed by atoms with E-state index in [9.17, 15) is 18.4 Å². The molecule has 152 valence electrons.